The van der Waals surface area contributed by atoms with Crippen molar-refractivity contribution >= 4 is 15.9 Å². The number of aromatic amines is 1. The second kappa shape index (κ2) is 3.84. The smallest absolute Gasteiger partial charge is 0.138 e. The van der Waals surface area contributed by atoms with E-state index in [9.17, 15) is 0 Å². The van der Waals surface area contributed by atoms with Crippen LogP contribution in [0.1, 0.15) is 0 Å². The first-order chi connectivity index (χ1) is 6.81. The van der Waals surface area contributed by atoms with Gasteiger partial charge < -0.3 is 9.72 Å². The van der Waals surface area contributed by atoms with Crippen molar-refractivity contribution in [1.82, 2.24) is 9.97 Å². The standard InChI is InChI=1S/C10H9BrN2O/c1-14-7-2-3-8(9(11)6-7)10-12-4-5-13-10/h2-6H,1H3,(H,12,13). The van der Waals surface area contributed by atoms with Gasteiger partial charge in [0, 0.05) is 22.4 Å². The molecule has 0 saturated heterocycles. The molecular weight excluding hydrogens is 244 g/mol. The normalized spacial score (nSPS) is 10.1. The third-order valence-electron chi connectivity index (χ3n) is 1.93. The maximum Gasteiger partial charge on any atom is 0.138 e. The number of nitrogens with zero attached hydrogens (tertiary/aromatic N) is 1. The Morgan fingerprint density at radius 3 is 2.86 bits per heavy atom. The second-order valence-corrected chi connectivity index (χ2v) is 3.64. The molecule has 0 spiro atoms. The zero-order chi connectivity index (χ0) is 9.97. The zero-order valence-electron chi connectivity index (χ0n) is 7.62. The number of hydrogen-bond acceptors (Lipinski definition) is 2. The van der Waals surface area contributed by atoms with E-state index in [1.54, 1.807) is 19.5 Å². The summed E-state index contributed by atoms with van der Waals surface area (Å²) in [6, 6.07) is 5.78. The van der Waals surface area contributed by atoms with Gasteiger partial charge in [0.15, 0.2) is 0 Å². The number of rotatable bonds is 2. The monoisotopic (exact) mass is 252 g/mol. The molecule has 0 saturated carbocycles. The molecule has 0 atom stereocenters. The minimum atomic E-state index is 0.826. The Morgan fingerprint density at radius 1 is 1.43 bits per heavy atom. The summed E-state index contributed by atoms with van der Waals surface area (Å²) in [6.45, 7) is 0. The lowest BCUT2D eigenvalue weighted by molar-refractivity contribution is 0.414. The lowest BCUT2D eigenvalue weighted by Gasteiger charge is -2.04. The molecule has 0 aliphatic heterocycles. The summed E-state index contributed by atoms with van der Waals surface area (Å²) in [5.74, 6) is 1.67. The maximum atomic E-state index is 5.11. The Kier molecular flexibility index (Phi) is 2.54. The van der Waals surface area contributed by atoms with E-state index in [-0.39, 0.29) is 0 Å². The molecule has 0 aliphatic rings. The molecule has 0 aliphatic carbocycles. The van der Waals surface area contributed by atoms with Crippen LogP contribution in [0.15, 0.2) is 35.1 Å². The van der Waals surface area contributed by atoms with E-state index in [4.69, 9.17) is 4.74 Å². The van der Waals surface area contributed by atoms with Gasteiger partial charge >= 0.3 is 0 Å². The van der Waals surface area contributed by atoms with E-state index < -0.39 is 0 Å². The average molecular weight is 253 g/mol. The largest absolute Gasteiger partial charge is 0.497 e. The van der Waals surface area contributed by atoms with Crippen molar-refractivity contribution < 1.29 is 4.74 Å². The number of methoxy groups -OCH3 is 1. The number of hydrogen-bond donors (Lipinski definition) is 1. The first-order valence-corrected chi connectivity index (χ1v) is 4.94. The number of ether oxygens (including phenoxy) is 1. The van der Waals surface area contributed by atoms with Crippen LogP contribution in [0.2, 0.25) is 0 Å². The van der Waals surface area contributed by atoms with E-state index in [0.29, 0.717) is 0 Å². The topological polar surface area (TPSA) is 37.9 Å². The van der Waals surface area contributed by atoms with Crippen LogP contribution in [0, 0.1) is 0 Å². The molecule has 0 amide bonds. The minimum Gasteiger partial charge on any atom is -0.497 e. The van der Waals surface area contributed by atoms with Gasteiger partial charge in [-0.2, -0.15) is 0 Å². The van der Waals surface area contributed by atoms with Gasteiger partial charge in [-0.3, -0.25) is 0 Å². The molecule has 72 valence electrons. The first kappa shape index (κ1) is 9.27. The average Bonchev–Trinajstić information content (AvgIpc) is 2.70. The molecule has 4 heteroatoms. The first-order valence-electron chi connectivity index (χ1n) is 4.14. The van der Waals surface area contributed by atoms with Crippen LogP contribution in [0.25, 0.3) is 11.4 Å². The Hall–Kier alpha value is -1.29. The predicted octanol–water partition coefficient (Wildman–Crippen LogP) is 2.85. The van der Waals surface area contributed by atoms with Crippen molar-refractivity contribution in [3.05, 3.63) is 35.1 Å². The van der Waals surface area contributed by atoms with Gasteiger partial charge in [-0.05, 0) is 34.1 Å². The Labute approximate surface area is 90.3 Å². The molecule has 0 unspecified atom stereocenters. The Bertz CT molecular complexity index is 426. The highest BCUT2D eigenvalue weighted by Gasteiger charge is 2.05. The second-order valence-electron chi connectivity index (χ2n) is 2.78. The highest BCUT2D eigenvalue weighted by Crippen LogP contribution is 2.29. The molecule has 1 heterocycles. The lowest BCUT2D eigenvalue weighted by atomic mass is 10.2. The van der Waals surface area contributed by atoms with Crippen molar-refractivity contribution in [2.45, 2.75) is 0 Å². The zero-order valence-corrected chi connectivity index (χ0v) is 9.21. The van der Waals surface area contributed by atoms with Crippen molar-refractivity contribution in [2.75, 3.05) is 7.11 Å². The summed E-state index contributed by atoms with van der Waals surface area (Å²) in [4.78, 5) is 7.23. The summed E-state index contributed by atoms with van der Waals surface area (Å²) in [5, 5.41) is 0. The number of aromatic nitrogens is 2. The molecule has 2 aromatic rings. The highest BCUT2D eigenvalue weighted by molar-refractivity contribution is 9.10. The van der Waals surface area contributed by atoms with E-state index in [0.717, 1.165) is 21.6 Å². The Balaban J connectivity index is 2.46. The molecule has 0 bridgehead atoms. The van der Waals surface area contributed by atoms with Crippen LogP contribution < -0.4 is 4.74 Å². The molecule has 1 N–H and O–H groups in total. The van der Waals surface area contributed by atoms with Crippen molar-refractivity contribution in [1.29, 1.82) is 0 Å². The van der Waals surface area contributed by atoms with Crippen LogP contribution in [0.4, 0.5) is 0 Å². The predicted molar refractivity (Wildman–Crippen MR) is 58.3 cm³/mol. The molecule has 14 heavy (non-hydrogen) atoms. The number of benzene rings is 1. The fourth-order valence-corrected chi connectivity index (χ4v) is 1.77. The molecule has 2 rings (SSSR count). The summed E-state index contributed by atoms with van der Waals surface area (Å²) in [5.41, 5.74) is 1.02. The third kappa shape index (κ3) is 1.65. The van der Waals surface area contributed by atoms with Gasteiger partial charge in [-0.15, -0.1) is 0 Å². The molecular formula is C10H9BrN2O. The SMILES string of the molecule is COc1ccc(-c2ncc[nH]2)c(Br)c1. The molecule has 1 aromatic carbocycles. The summed E-state index contributed by atoms with van der Waals surface area (Å²) in [6.07, 6.45) is 3.53. The van der Waals surface area contributed by atoms with Crippen molar-refractivity contribution in [3.63, 3.8) is 0 Å². The fraction of sp³-hybridized carbons (Fsp3) is 0.100. The number of H-pyrrole nitrogens is 1. The number of imidazole rings is 1. The third-order valence-corrected chi connectivity index (χ3v) is 2.59. The van der Waals surface area contributed by atoms with Crippen molar-refractivity contribution in [2.24, 2.45) is 0 Å². The van der Waals surface area contributed by atoms with E-state index >= 15 is 0 Å². The van der Waals surface area contributed by atoms with Crippen LogP contribution >= 0.6 is 15.9 Å². The Morgan fingerprint density at radius 2 is 2.29 bits per heavy atom. The van der Waals surface area contributed by atoms with Gasteiger partial charge in [-0.1, -0.05) is 0 Å². The summed E-state index contributed by atoms with van der Waals surface area (Å²) >= 11 is 3.47. The van der Waals surface area contributed by atoms with Crippen LogP contribution in [-0.2, 0) is 0 Å². The van der Waals surface area contributed by atoms with E-state index in [2.05, 4.69) is 25.9 Å². The van der Waals surface area contributed by atoms with E-state index in [1.807, 2.05) is 18.2 Å². The van der Waals surface area contributed by atoms with Crippen LogP contribution in [0.5, 0.6) is 5.75 Å². The van der Waals surface area contributed by atoms with Gasteiger partial charge in [-0.25, -0.2) is 4.98 Å². The van der Waals surface area contributed by atoms with Crippen molar-refractivity contribution in [3.8, 4) is 17.1 Å². The van der Waals surface area contributed by atoms with E-state index in [1.165, 1.54) is 0 Å². The lowest BCUT2D eigenvalue weighted by Crippen LogP contribution is -1.86. The summed E-state index contributed by atoms with van der Waals surface area (Å²) in [7, 11) is 1.65. The maximum absolute atomic E-state index is 5.11. The molecule has 3 nitrogen and oxygen atoms in total. The fourth-order valence-electron chi connectivity index (χ4n) is 1.23. The number of halogens is 1. The van der Waals surface area contributed by atoms with Gasteiger partial charge in [0.25, 0.3) is 0 Å². The quantitative estimate of drug-likeness (QED) is 0.893. The molecule has 0 radical (unpaired) electrons. The molecule has 0 fully saturated rings. The highest BCUT2D eigenvalue weighted by atomic mass is 79.9. The van der Waals surface area contributed by atoms with Crippen LogP contribution in [0.3, 0.4) is 0 Å². The van der Waals surface area contributed by atoms with Gasteiger partial charge in [0.05, 0.1) is 7.11 Å². The minimum absolute atomic E-state index is 0.826. The summed E-state index contributed by atoms with van der Waals surface area (Å²) < 4.78 is 6.07. The van der Waals surface area contributed by atoms with Gasteiger partial charge in [0.2, 0.25) is 0 Å². The van der Waals surface area contributed by atoms with Crippen LogP contribution in [-0.4, -0.2) is 17.1 Å². The van der Waals surface area contributed by atoms with Gasteiger partial charge in [0.1, 0.15) is 11.6 Å². The number of nitrogens with one attached hydrogen (secondary N) is 1. The molecule has 1 aromatic heterocycles.